The molecule has 0 aromatic heterocycles. The second kappa shape index (κ2) is 25.2. The number of rotatable bonds is 24. The average molecular weight is 441 g/mol. The summed E-state index contributed by atoms with van der Waals surface area (Å²) < 4.78 is 10.3. The van der Waals surface area contributed by atoms with E-state index in [0.29, 0.717) is 26.1 Å². The summed E-state index contributed by atoms with van der Waals surface area (Å²) in [5, 5.41) is 0. The maximum atomic E-state index is 11.8. The predicted octanol–water partition coefficient (Wildman–Crippen LogP) is 8.30. The molecule has 31 heavy (non-hydrogen) atoms. The minimum Gasteiger partial charge on any atom is -0.466 e. The number of esters is 2. The lowest BCUT2D eigenvalue weighted by Crippen LogP contribution is -2.05. The molecule has 0 aliphatic rings. The van der Waals surface area contributed by atoms with Crippen molar-refractivity contribution >= 4 is 11.9 Å². The number of carbonyl (C=O) groups is 2. The third kappa shape index (κ3) is 25.1. The Kier molecular flexibility index (Phi) is 24.3. The molecule has 0 saturated heterocycles. The van der Waals surface area contributed by atoms with Crippen molar-refractivity contribution in [1.82, 2.24) is 0 Å². The molecule has 184 valence electrons. The van der Waals surface area contributed by atoms with E-state index in [4.69, 9.17) is 9.47 Å². The van der Waals surface area contributed by atoms with Crippen LogP contribution in [0.25, 0.3) is 0 Å². The summed E-state index contributed by atoms with van der Waals surface area (Å²) in [6, 6.07) is 0. The Balaban J connectivity index is 3.19. The molecule has 0 atom stereocenters. The van der Waals surface area contributed by atoms with Crippen LogP contribution in [0.4, 0.5) is 0 Å². The van der Waals surface area contributed by atoms with Gasteiger partial charge in [-0.2, -0.15) is 0 Å². The number of ether oxygens (including phenoxy) is 2. The highest BCUT2D eigenvalue weighted by Gasteiger charge is 2.03. The standard InChI is InChI=1S/C27H52O4/c1-3-5-6-7-8-9-10-11-12-13-16-19-22-25-31-27(29)24-21-18-15-14-17-20-23-26(28)30-4-2/h3-25H2,1-2H3. The Bertz CT molecular complexity index is 395. The molecule has 0 fully saturated rings. The quantitative estimate of drug-likeness (QED) is 0.112. The first-order valence-corrected chi connectivity index (χ1v) is 13.5. The van der Waals surface area contributed by atoms with Crippen LogP contribution in [0, 0.1) is 0 Å². The van der Waals surface area contributed by atoms with Crippen molar-refractivity contribution in [2.75, 3.05) is 13.2 Å². The first-order valence-electron chi connectivity index (χ1n) is 13.5. The minimum atomic E-state index is -0.0891. The third-order valence-electron chi connectivity index (χ3n) is 5.83. The molecular formula is C27H52O4. The van der Waals surface area contributed by atoms with Gasteiger partial charge in [0, 0.05) is 12.8 Å². The summed E-state index contributed by atoms with van der Waals surface area (Å²) in [6.07, 6.45) is 24.6. The van der Waals surface area contributed by atoms with Crippen molar-refractivity contribution in [3.05, 3.63) is 0 Å². The predicted molar refractivity (Wildman–Crippen MR) is 130 cm³/mol. The van der Waals surface area contributed by atoms with Gasteiger partial charge in [0.15, 0.2) is 0 Å². The molecule has 0 aliphatic heterocycles. The molecule has 0 aromatic carbocycles. The van der Waals surface area contributed by atoms with Crippen molar-refractivity contribution in [1.29, 1.82) is 0 Å². The van der Waals surface area contributed by atoms with Crippen LogP contribution >= 0.6 is 0 Å². The summed E-state index contributed by atoms with van der Waals surface area (Å²) in [6.45, 7) is 5.16. The van der Waals surface area contributed by atoms with Gasteiger partial charge in [0.2, 0.25) is 0 Å². The zero-order valence-corrected chi connectivity index (χ0v) is 20.9. The van der Waals surface area contributed by atoms with Crippen molar-refractivity contribution in [3.8, 4) is 0 Å². The first-order chi connectivity index (χ1) is 15.2. The van der Waals surface area contributed by atoms with Crippen LogP contribution in [-0.4, -0.2) is 25.2 Å². The van der Waals surface area contributed by atoms with Crippen LogP contribution in [0.15, 0.2) is 0 Å². The molecule has 0 radical (unpaired) electrons. The third-order valence-corrected chi connectivity index (χ3v) is 5.83. The Morgan fingerprint density at radius 1 is 0.452 bits per heavy atom. The molecule has 0 amide bonds. The van der Waals surface area contributed by atoms with E-state index in [0.717, 1.165) is 44.9 Å². The van der Waals surface area contributed by atoms with E-state index in [2.05, 4.69) is 6.92 Å². The van der Waals surface area contributed by atoms with Crippen molar-refractivity contribution in [2.24, 2.45) is 0 Å². The van der Waals surface area contributed by atoms with E-state index in [-0.39, 0.29) is 11.9 Å². The fraction of sp³-hybridized carbons (Fsp3) is 0.926. The zero-order chi connectivity index (χ0) is 22.8. The van der Waals surface area contributed by atoms with Gasteiger partial charge in [-0.05, 0) is 26.2 Å². The largest absolute Gasteiger partial charge is 0.466 e. The van der Waals surface area contributed by atoms with Crippen LogP contribution in [0.3, 0.4) is 0 Å². The summed E-state index contributed by atoms with van der Waals surface area (Å²) >= 11 is 0. The van der Waals surface area contributed by atoms with E-state index in [1.165, 1.54) is 77.0 Å². The second-order valence-corrected chi connectivity index (χ2v) is 8.89. The van der Waals surface area contributed by atoms with Gasteiger partial charge >= 0.3 is 11.9 Å². The van der Waals surface area contributed by atoms with E-state index in [1.807, 2.05) is 6.92 Å². The van der Waals surface area contributed by atoms with Gasteiger partial charge in [0.05, 0.1) is 13.2 Å². The van der Waals surface area contributed by atoms with Crippen LogP contribution in [-0.2, 0) is 19.1 Å². The summed E-state index contributed by atoms with van der Waals surface area (Å²) in [5.74, 6) is -0.130. The maximum Gasteiger partial charge on any atom is 0.305 e. The highest BCUT2D eigenvalue weighted by Crippen LogP contribution is 2.13. The van der Waals surface area contributed by atoms with Crippen molar-refractivity contribution in [2.45, 2.75) is 149 Å². The zero-order valence-electron chi connectivity index (χ0n) is 20.9. The van der Waals surface area contributed by atoms with E-state index in [1.54, 1.807) is 0 Å². The Morgan fingerprint density at radius 2 is 0.806 bits per heavy atom. The van der Waals surface area contributed by atoms with Crippen LogP contribution in [0.5, 0.6) is 0 Å². The molecule has 0 bridgehead atoms. The molecule has 0 heterocycles. The Labute approximate surface area is 193 Å². The average Bonchev–Trinajstić information content (AvgIpc) is 2.76. The lowest BCUT2D eigenvalue weighted by molar-refractivity contribution is -0.144. The van der Waals surface area contributed by atoms with Gasteiger partial charge < -0.3 is 9.47 Å². The number of unbranched alkanes of at least 4 members (excludes halogenated alkanes) is 17. The van der Waals surface area contributed by atoms with E-state index in [9.17, 15) is 9.59 Å². The van der Waals surface area contributed by atoms with Gasteiger partial charge in [-0.25, -0.2) is 0 Å². The lowest BCUT2D eigenvalue weighted by Gasteiger charge is -2.06. The Morgan fingerprint density at radius 3 is 1.23 bits per heavy atom. The maximum absolute atomic E-state index is 11.8. The SMILES string of the molecule is CCCCCCCCCCCCCCCOC(=O)CCCCCCCCC(=O)OCC. The van der Waals surface area contributed by atoms with Crippen molar-refractivity contribution in [3.63, 3.8) is 0 Å². The van der Waals surface area contributed by atoms with E-state index < -0.39 is 0 Å². The number of hydrogen-bond donors (Lipinski definition) is 0. The van der Waals surface area contributed by atoms with Gasteiger partial charge in [-0.15, -0.1) is 0 Å². The molecule has 0 saturated carbocycles. The number of carbonyl (C=O) groups excluding carboxylic acids is 2. The van der Waals surface area contributed by atoms with Crippen LogP contribution < -0.4 is 0 Å². The van der Waals surface area contributed by atoms with Gasteiger partial charge in [0.1, 0.15) is 0 Å². The summed E-state index contributed by atoms with van der Waals surface area (Å²) in [7, 11) is 0. The molecule has 0 aliphatic carbocycles. The van der Waals surface area contributed by atoms with Gasteiger partial charge in [-0.3, -0.25) is 9.59 Å². The second-order valence-electron chi connectivity index (χ2n) is 8.89. The highest BCUT2D eigenvalue weighted by atomic mass is 16.5. The van der Waals surface area contributed by atoms with Crippen LogP contribution in [0.2, 0.25) is 0 Å². The smallest absolute Gasteiger partial charge is 0.305 e. The van der Waals surface area contributed by atoms with Crippen LogP contribution in [0.1, 0.15) is 149 Å². The number of hydrogen-bond acceptors (Lipinski definition) is 4. The normalized spacial score (nSPS) is 10.9. The first kappa shape index (κ1) is 29.9. The molecular weight excluding hydrogens is 388 g/mol. The molecule has 0 unspecified atom stereocenters. The molecule has 0 rings (SSSR count). The van der Waals surface area contributed by atoms with Crippen molar-refractivity contribution < 1.29 is 19.1 Å². The Hall–Kier alpha value is -1.06. The monoisotopic (exact) mass is 440 g/mol. The molecule has 0 aromatic rings. The lowest BCUT2D eigenvalue weighted by atomic mass is 10.0. The summed E-state index contributed by atoms with van der Waals surface area (Å²) in [5.41, 5.74) is 0. The fourth-order valence-electron chi connectivity index (χ4n) is 3.86. The molecule has 0 N–H and O–H groups in total. The fourth-order valence-corrected chi connectivity index (χ4v) is 3.86. The van der Waals surface area contributed by atoms with Gasteiger partial charge in [-0.1, -0.05) is 110 Å². The molecule has 4 nitrogen and oxygen atoms in total. The summed E-state index contributed by atoms with van der Waals surface area (Å²) in [4.78, 5) is 23.0. The minimum absolute atomic E-state index is 0.0405. The van der Waals surface area contributed by atoms with E-state index >= 15 is 0 Å². The topological polar surface area (TPSA) is 52.6 Å². The molecule has 0 spiro atoms. The highest BCUT2D eigenvalue weighted by molar-refractivity contribution is 5.69. The molecule has 4 heteroatoms. The van der Waals surface area contributed by atoms with Gasteiger partial charge in [0.25, 0.3) is 0 Å².